The van der Waals surface area contributed by atoms with Crippen LogP contribution in [0.4, 0.5) is 10.5 Å². The van der Waals surface area contributed by atoms with Gasteiger partial charge in [-0.25, -0.2) is 9.69 Å². The van der Waals surface area contributed by atoms with Gasteiger partial charge in [0.15, 0.2) is 0 Å². The highest BCUT2D eigenvalue weighted by molar-refractivity contribution is 6.39. The van der Waals surface area contributed by atoms with Crippen molar-refractivity contribution >= 4 is 52.8 Å². The van der Waals surface area contributed by atoms with E-state index in [1.165, 1.54) is 12.1 Å². The lowest BCUT2D eigenvalue weighted by Gasteiger charge is -2.26. The monoisotopic (exact) mass is 466 g/mol. The number of ether oxygens (including phenoxy) is 1. The normalized spacial score (nSPS) is 15.1. The number of nitrogens with zero attached hydrogens (tertiary/aromatic N) is 1. The molecule has 160 valence electrons. The summed E-state index contributed by atoms with van der Waals surface area (Å²) in [5, 5.41) is 3.14. The first-order chi connectivity index (χ1) is 15.4. The highest BCUT2D eigenvalue weighted by Crippen LogP contribution is 2.27. The van der Waals surface area contributed by atoms with Gasteiger partial charge in [0.1, 0.15) is 17.9 Å². The van der Waals surface area contributed by atoms with Gasteiger partial charge in [-0.1, -0.05) is 59.6 Å². The molecule has 1 N–H and O–H groups in total. The third kappa shape index (κ3) is 4.66. The molecule has 3 aromatic carbocycles. The average molecular weight is 467 g/mol. The fourth-order valence-corrected chi connectivity index (χ4v) is 3.58. The smallest absolute Gasteiger partial charge is 0.335 e. The van der Waals surface area contributed by atoms with Crippen molar-refractivity contribution in [2.45, 2.75) is 6.61 Å². The Labute approximate surface area is 194 Å². The Kier molecular flexibility index (Phi) is 6.25. The molecule has 1 aliphatic rings. The molecule has 1 aliphatic heterocycles. The number of hydrogen-bond acceptors (Lipinski definition) is 4. The number of halogens is 2. The second-order valence-corrected chi connectivity index (χ2v) is 7.77. The first-order valence-corrected chi connectivity index (χ1v) is 10.3. The first-order valence-electron chi connectivity index (χ1n) is 9.55. The van der Waals surface area contributed by atoms with E-state index in [0.29, 0.717) is 21.4 Å². The van der Waals surface area contributed by atoms with Crippen LogP contribution in [0, 0.1) is 0 Å². The Morgan fingerprint density at radius 1 is 0.875 bits per heavy atom. The van der Waals surface area contributed by atoms with Gasteiger partial charge in [-0.3, -0.25) is 14.9 Å². The maximum absolute atomic E-state index is 13.1. The van der Waals surface area contributed by atoms with Crippen molar-refractivity contribution in [3.05, 3.63) is 99.5 Å². The number of barbiturate groups is 1. The van der Waals surface area contributed by atoms with Crippen LogP contribution in [-0.2, 0) is 16.2 Å². The summed E-state index contributed by atoms with van der Waals surface area (Å²) in [7, 11) is 0. The molecule has 0 radical (unpaired) electrons. The van der Waals surface area contributed by atoms with E-state index in [0.717, 1.165) is 10.5 Å². The zero-order valence-electron chi connectivity index (χ0n) is 16.5. The van der Waals surface area contributed by atoms with Gasteiger partial charge in [-0.05, 0) is 48.0 Å². The van der Waals surface area contributed by atoms with Crippen molar-refractivity contribution in [3.8, 4) is 5.75 Å². The number of carbonyl (C=O) groups is 3. The molecule has 0 aliphatic carbocycles. The fourth-order valence-electron chi connectivity index (χ4n) is 3.18. The molecule has 4 amide bonds. The van der Waals surface area contributed by atoms with Crippen LogP contribution in [0.3, 0.4) is 0 Å². The minimum atomic E-state index is -0.843. The zero-order chi connectivity index (χ0) is 22.7. The predicted molar refractivity (Wildman–Crippen MR) is 123 cm³/mol. The highest BCUT2D eigenvalue weighted by Gasteiger charge is 2.37. The van der Waals surface area contributed by atoms with Crippen molar-refractivity contribution in [3.63, 3.8) is 0 Å². The summed E-state index contributed by atoms with van der Waals surface area (Å²) in [5.74, 6) is -1.08. The quantitative estimate of drug-likeness (QED) is 0.412. The van der Waals surface area contributed by atoms with Gasteiger partial charge in [-0.2, -0.15) is 0 Å². The van der Waals surface area contributed by atoms with Gasteiger partial charge in [-0.15, -0.1) is 0 Å². The van der Waals surface area contributed by atoms with Crippen molar-refractivity contribution in [2.24, 2.45) is 0 Å². The summed E-state index contributed by atoms with van der Waals surface area (Å²) in [4.78, 5) is 38.7. The van der Waals surface area contributed by atoms with Crippen molar-refractivity contribution in [1.29, 1.82) is 0 Å². The number of rotatable bonds is 5. The molecule has 6 nitrogen and oxygen atoms in total. The van der Waals surface area contributed by atoms with Gasteiger partial charge >= 0.3 is 6.03 Å². The molecule has 1 fully saturated rings. The van der Waals surface area contributed by atoms with Crippen LogP contribution in [0.25, 0.3) is 6.08 Å². The van der Waals surface area contributed by atoms with Crippen LogP contribution in [0.5, 0.6) is 5.75 Å². The lowest BCUT2D eigenvalue weighted by molar-refractivity contribution is -0.122. The Morgan fingerprint density at radius 3 is 2.34 bits per heavy atom. The third-order valence-electron chi connectivity index (χ3n) is 4.67. The van der Waals surface area contributed by atoms with Crippen molar-refractivity contribution in [1.82, 2.24) is 5.32 Å². The molecule has 0 bridgehead atoms. The summed E-state index contributed by atoms with van der Waals surface area (Å²) < 4.78 is 5.89. The fraction of sp³-hybridized carbons (Fsp3) is 0.0417. The second kappa shape index (κ2) is 9.26. The number of benzene rings is 3. The zero-order valence-corrected chi connectivity index (χ0v) is 18.1. The number of para-hydroxylation sites is 1. The van der Waals surface area contributed by atoms with Crippen LogP contribution >= 0.6 is 23.2 Å². The van der Waals surface area contributed by atoms with E-state index in [-0.39, 0.29) is 17.9 Å². The van der Waals surface area contributed by atoms with Crippen LogP contribution in [0.15, 0.2) is 78.4 Å². The number of urea groups is 1. The molecular weight excluding hydrogens is 451 g/mol. The third-order valence-corrected chi connectivity index (χ3v) is 5.14. The summed E-state index contributed by atoms with van der Waals surface area (Å²) in [5.41, 5.74) is 1.42. The van der Waals surface area contributed by atoms with E-state index in [2.05, 4.69) is 5.32 Å². The van der Waals surface area contributed by atoms with E-state index < -0.39 is 17.8 Å². The van der Waals surface area contributed by atoms with E-state index in [1.807, 2.05) is 12.1 Å². The lowest BCUT2D eigenvalue weighted by atomic mass is 10.1. The Balaban J connectivity index is 1.64. The summed E-state index contributed by atoms with van der Waals surface area (Å²) >= 11 is 12.0. The molecule has 0 spiro atoms. The Hall–Kier alpha value is -3.61. The SMILES string of the molecule is O=C1NC(=O)N(c2cccc(Cl)c2)C(=O)/C1=C/c1ccccc1OCc1cccc(Cl)c1. The molecule has 0 atom stereocenters. The van der Waals surface area contributed by atoms with Gasteiger partial charge < -0.3 is 4.74 Å². The minimum Gasteiger partial charge on any atom is -0.488 e. The topological polar surface area (TPSA) is 75.7 Å². The standard InChI is InChI=1S/C24H16Cl2N2O4/c25-17-7-3-5-15(11-17)14-32-21-10-2-1-6-16(21)12-20-22(29)27-24(31)28(23(20)30)19-9-4-8-18(26)13-19/h1-13H,14H2,(H,27,29,31)/b20-12+. The summed E-state index contributed by atoms with van der Waals surface area (Å²) in [6, 6.07) is 19.6. The molecule has 0 aromatic heterocycles. The van der Waals surface area contributed by atoms with Crippen LogP contribution in [0.2, 0.25) is 10.0 Å². The number of anilines is 1. The van der Waals surface area contributed by atoms with Gasteiger partial charge in [0.25, 0.3) is 11.8 Å². The van der Waals surface area contributed by atoms with Gasteiger partial charge in [0, 0.05) is 15.6 Å². The molecular formula is C24H16Cl2N2O4. The lowest BCUT2D eigenvalue weighted by Crippen LogP contribution is -2.54. The highest BCUT2D eigenvalue weighted by atomic mass is 35.5. The van der Waals surface area contributed by atoms with Crippen LogP contribution in [-0.4, -0.2) is 17.8 Å². The predicted octanol–water partition coefficient (Wildman–Crippen LogP) is 5.24. The van der Waals surface area contributed by atoms with E-state index in [1.54, 1.807) is 54.6 Å². The minimum absolute atomic E-state index is 0.205. The van der Waals surface area contributed by atoms with Crippen molar-refractivity contribution in [2.75, 3.05) is 4.90 Å². The molecule has 0 saturated carbocycles. The Bertz CT molecular complexity index is 1260. The Morgan fingerprint density at radius 2 is 1.59 bits per heavy atom. The molecule has 4 rings (SSSR count). The number of hydrogen-bond donors (Lipinski definition) is 1. The van der Waals surface area contributed by atoms with Gasteiger partial charge in [0.2, 0.25) is 0 Å². The second-order valence-electron chi connectivity index (χ2n) is 6.89. The van der Waals surface area contributed by atoms with E-state index in [4.69, 9.17) is 27.9 Å². The molecule has 32 heavy (non-hydrogen) atoms. The van der Waals surface area contributed by atoms with Gasteiger partial charge in [0.05, 0.1) is 5.69 Å². The molecule has 1 heterocycles. The molecule has 0 unspecified atom stereocenters. The number of carbonyl (C=O) groups excluding carboxylic acids is 3. The number of nitrogens with one attached hydrogen (secondary N) is 1. The number of imide groups is 2. The van der Waals surface area contributed by atoms with Crippen molar-refractivity contribution < 1.29 is 19.1 Å². The van der Waals surface area contributed by atoms with Crippen LogP contribution < -0.4 is 15.0 Å². The first kappa shape index (κ1) is 21.6. The maximum atomic E-state index is 13.1. The average Bonchev–Trinajstić information content (AvgIpc) is 2.76. The van der Waals surface area contributed by atoms with Crippen LogP contribution in [0.1, 0.15) is 11.1 Å². The van der Waals surface area contributed by atoms with E-state index >= 15 is 0 Å². The molecule has 1 saturated heterocycles. The molecule has 3 aromatic rings. The summed E-state index contributed by atoms with van der Waals surface area (Å²) in [6.45, 7) is 0.244. The number of amides is 4. The maximum Gasteiger partial charge on any atom is 0.335 e. The molecule has 8 heteroatoms. The summed E-state index contributed by atoms with van der Waals surface area (Å²) in [6.07, 6.45) is 1.40. The largest absolute Gasteiger partial charge is 0.488 e. The van der Waals surface area contributed by atoms with E-state index in [9.17, 15) is 14.4 Å².